The van der Waals surface area contributed by atoms with E-state index < -0.39 is 6.03 Å². The number of amides is 2. The molecule has 1 unspecified atom stereocenters. The summed E-state index contributed by atoms with van der Waals surface area (Å²) < 4.78 is 11.9. The normalized spacial score (nSPS) is 27.6. The van der Waals surface area contributed by atoms with E-state index in [1.54, 1.807) is 0 Å². The Labute approximate surface area is 176 Å². The first kappa shape index (κ1) is 19.2. The Bertz CT molecular complexity index is 919. The van der Waals surface area contributed by atoms with Gasteiger partial charge in [-0.2, -0.15) is 0 Å². The highest BCUT2D eigenvalue weighted by Crippen LogP contribution is 2.38. The van der Waals surface area contributed by atoms with E-state index in [9.17, 15) is 4.79 Å². The van der Waals surface area contributed by atoms with Gasteiger partial charge in [-0.15, -0.1) is 0 Å². The third-order valence-corrected chi connectivity index (χ3v) is 6.56. The summed E-state index contributed by atoms with van der Waals surface area (Å²) in [5.41, 5.74) is 8.62. The van der Waals surface area contributed by atoms with E-state index in [0.29, 0.717) is 30.3 Å². The number of aryl methyl sites for hydroxylation is 1. The monoisotopic (exact) mass is 408 g/mol. The van der Waals surface area contributed by atoms with Crippen LogP contribution in [0.4, 0.5) is 4.79 Å². The highest BCUT2D eigenvalue weighted by Gasteiger charge is 2.40. The van der Waals surface area contributed by atoms with Gasteiger partial charge in [-0.1, -0.05) is 24.3 Å². The molecule has 158 valence electrons. The number of pyridine rings is 1. The fourth-order valence-corrected chi connectivity index (χ4v) is 5.11. The molecule has 0 aliphatic carbocycles. The summed E-state index contributed by atoms with van der Waals surface area (Å²) in [6, 6.07) is 13.3. The molecule has 2 aromatic rings. The number of urea groups is 1. The van der Waals surface area contributed by atoms with Crippen LogP contribution in [0.15, 0.2) is 36.4 Å². The Balaban J connectivity index is 1.23. The molecule has 2 amide bonds. The van der Waals surface area contributed by atoms with Gasteiger partial charge in [0, 0.05) is 30.4 Å². The molecule has 0 saturated carbocycles. The molecule has 30 heavy (non-hydrogen) atoms. The highest BCUT2D eigenvalue weighted by atomic mass is 16.6. The minimum Gasteiger partial charge on any atom is -0.484 e. The number of hydrogen-bond donors (Lipinski definition) is 2. The van der Waals surface area contributed by atoms with Crippen LogP contribution in [0.5, 0.6) is 11.6 Å². The standard InChI is InChI=1S/C23H28N4O3/c1-14-2-9-20-22(25-14)30-21(13-29-20)16-5-3-15(4-6-16)12-27-18-7-8-19(27)11-17(10-18)26-23(24)28/h2-6,9,17-19,21H,7-8,10-13H2,1H3,(H3,24,26,28)/t17?,18-,19+,21-/m1/s1. The van der Waals surface area contributed by atoms with Crippen LogP contribution in [0.3, 0.4) is 0 Å². The molecular formula is C23H28N4O3. The van der Waals surface area contributed by atoms with Gasteiger partial charge >= 0.3 is 6.03 Å². The van der Waals surface area contributed by atoms with Crippen molar-refractivity contribution >= 4 is 6.03 Å². The Morgan fingerprint density at radius 3 is 2.60 bits per heavy atom. The second kappa shape index (κ2) is 7.80. The predicted molar refractivity (Wildman–Crippen MR) is 112 cm³/mol. The molecular weight excluding hydrogens is 380 g/mol. The van der Waals surface area contributed by atoms with Gasteiger partial charge in [0.2, 0.25) is 0 Å². The average molecular weight is 409 g/mol. The highest BCUT2D eigenvalue weighted by molar-refractivity contribution is 5.72. The van der Waals surface area contributed by atoms with Gasteiger partial charge in [-0.05, 0) is 55.9 Å². The van der Waals surface area contributed by atoms with E-state index in [4.69, 9.17) is 15.2 Å². The van der Waals surface area contributed by atoms with Crippen LogP contribution >= 0.6 is 0 Å². The topological polar surface area (TPSA) is 89.7 Å². The molecule has 2 saturated heterocycles. The fourth-order valence-electron chi connectivity index (χ4n) is 5.11. The zero-order chi connectivity index (χ0) is 20.7. The summed E-state index contributed by atoms with van der Waals surface area (Å²) >= 11 is 0. The summed E-state index contributed by atoms with van der Waals surface area (Å²) in [7, 11) is 0. The molecule has 1 aromatic heterocycles. The second-order valence-electron chi connectivity index (χ2n) is 8.65. The number of piperidine rings is 1. The summed E-state index contributed by atoms with van der Waals surface area (Å²) in [5, 5.41) is 2.90. The molecule has 4 heterocycles. The number of rotatable bonds is 4. The summed E-state index contributed by atoms with van der Waals surface area (Å²) in [6.07, 6.45) is 4.21. The lowest BCUT2D eigenvalue weighted by molar-refractivity contribution is 0.0847. The van der Waals surface area contributed by atoms with Gasteiger partial charge < -0.3 is 20.5 Å². The van der Waals surface area contributed by atoms with Crippen LogP contribution < -0.4 is 20.5 Å². The molecule has 3 N–H and O–H groups in total. The number of benzene rings is 1. The zero-order valence-corrected chi connectivity index (χ0v) is 17.2. The van der Waals surface area contributed by atoms with Gasteiger partial charge in [0.15, 0.2) is 11.9 Å². The number of nitrogens with zero attached hydrogens (tertiary/aromatic N) is 2. The van der Waals surface area contributed by atoms with E-state index in [-0.39, 0.29) is 12.1 Å². The third kappa shape index (κ3) is 3.81. The van der Waals surface area contributed by atoms with Gasteiger partial charge in [-0.3, -0.25) is 4.90 Å². The first-order valence-electron chi connectivity index (χ1n) is 10.7. The van der Waals surface area contributed by atoms with E-state index in [1.807, 2.05) is 19.1 Å². The molecule has 4 atom stereocenters. The van der Waals surface area contributed by atoms with Crippen LogP contribution in [0.1, 0.15) is 48.6 Å². The zero-order valence-electron chi connectivity index (χ0n) is 17.2. The minimum absolute atomic E-state index is 0.146. The predicted octanol–water partition coefficient (Wildman–Crippen LogP) is 3.07. The van der Waals surface area contributed by atoms with Crippen molar-refractivity contribution in [2.24, 2.45) is 5.73 Å². The molecule has 1 aromatic carbocycles. The number of nitrogens with two attached hydrogens (primary N) is 1. The van der Waals surface area contributed by atoms with E-state index in [2.05, 4.69) is 39.5 Å². The SMILES string of the molecule is Cc1ccc2c(n1)O[C@@H](c1ccc(CN3[C@@H]4CC[C@H]3CC(NC(N)=O)C4)cc1)CO2. The molecule has 3 aliphatic heterocycles. The number of aromatic nitrogens is 1. The maximum Gasteiger partial charge on any atom is 0.312 e. The molecule has 7 nitrogen and oxygen atoms in total. The molecule has 0 radical (unpaired) electrons. The third-order valence-electron chi connectivity index (χ3n) is 6.56. The van der Waals surface area contributed by atoms with Crippen LogP contribution in [-0.4, -0.2) is 40.6 Å². The maximum absolute atomic E-state index is 11.2. The smallest absolute Gasteiger partial charge is 0.312 e. The molecule has 2 fully saturated rings. The van der Waals surface area contributed by atoms with Crippen molar-refractivity contribution in [3.8, 4) is 11.6 Å². The number of nitrogens with one attached hydrogen (secondary N) is 1. The van der Waals surface area contributed by atoms with Crippen molar-refractivity contribution in [3.05, 3.63) is 53.2 Å². The number of hydrogen-bond acceptors (Lipinski definition) is 5. The van der Waals surface area contributed by atoms with E-state index in [1.165, 1.54) is 18.4 Å². The summed E-state index contributed by atoms with van der Waals surface area (Å²) in [5.74, 6) is 1.28. The van der Waals surface area contributed by atoms with Crippen molar-refractivity contribution < 1.29 is 14.3 Å². The Morgan fingerprint density at radius 1 is 1.17 bits per heavy atom. The van der Waals surface area contributed by atoms with Gasteiger partial charge in [-0.25, -0.2) is 9.78 Å². The first-order valence-corrected chi connectivity index (χ1v) is 10.7. The molecule has 5 rings (SSSR count). The van der Waals surface area contributed by atoms with Crippen molar-refractivity contribution in [1.29, 1.82) is 0 Å². The van der Waals surface area contributed by atoms with Gasteiger partial charge in [0.05, 0.1) is 0 Å². The maximum atomic E-state index is 11.2. The Morgan fingerprint density at radius 2 is 1.90 bits per heavy atom. The first-order chi connectivity index (χ1) is 14.5. The molecule has 3 aliphatic rings. The van der Waals surface area contributed by atoms with Crippen molar-refractivity contribution in [2.75, 3.05) is 6.61 Å². The molecule has 7 heteroatoms. The lowest BCUT2D eigenvalue weighted by Crippen LogP contribution is -2.51. The number of carbonyl (C=O) groups is 1. The number of ether oxygens (including phenoxy) is 2. The summed E-state index contributed by atoms with van der Waals surface area (Å²) in [4.78, 5) is 18.2. The van der Waals surface area contributed by atoms with Gasteiger partial charge in [0.1, 0.15) is 6.61 Å². The molecule has 0 spiro atoms. The van der Waals surface area contributed by atoms with E-state index >= 15 is 0 Å². The number of primary amides is 1. The fraction of sp³-hybridized carbons (Fsp3) is 0.478. The number of carbonyl (C=O) groups excluding carboxylic acids is 1. The van der Waals surface area contributed by atoms with Crippen molar-refractivity contribution in [1.82, 2.24) is 15.2 Å². The Hall–Kier alpha value is -2.80. The average Bonchev–Trinajstić information content (AvgIpc) is 2.95. The van der Waals surface area contributed by atoms with Crippen LogP contribution in [0.2, 0.25) is 0 Å². The largest absolute Gasteiger partial charge is 0.484 e. The second-order valence-corrected chi connectivity index (χ2v) is 8.65. The summed E-state index contributed by atoms with van der Waals surface area (Å²) in [6.45, 7) is 3.37. The lowest BCUT2D eigenvalue weighted by Gasteiger charge is -2.39. The van der Waals surface area contributed by atoms with E-state index in [0.717, 1.165) is 30.6 Å². The van der Waals surface area contributed by atoms with Crippen LogP contribution in [0.25, 0.3) is 0 Å². The van der Waals surface area contributed by atoms with Crippen molar-refractivity contribution in [3.63, 3.8) is 0 Å². The Kier molecular flexibility index (Phi) is 4.98. The van der Waals surface area contributed by atoms with Crippen LogP contribution in [-0.2, 0) is 6.54 Å². The minimum atomic E-state index is -0.412. The van der Waals surface area contributed by atoms with Crippen molar-refractivity contribution in [2.45, 2.75) is 63.4 Å². The quantitative estimate of drug-likeness (QED) is 0.812. The number of fused-ring (bicyclic) bond motifs is 3. The van der Waals surface area contributed by atoms with Crippen LogP contribution in [0, 0.1) is 6.92 Å². The van der Waals surface area contributed by atoms with Gasteiger partial charge in [0.25, 0.3) is 5.88 Å². The lowest BCUT2D eigenvalue weighted by atomic mass is 9.96. The molecule has 2 bridgehead atoms.